The van der Waals surface area contributed by atoms with E-state index in [9.17, 15) is 9.59 Å². The van der Waals surface area contributed by atoms with Gasteiger partial charge < -0.3 is 13.7 Å². The van der Waals surface area contributed by atoms with Crippen molar-refractivity contribution in [1.29, 1.82) is 0 Å². The van der Waals surface area contributed by atoms with Crippen LogP contribution in [-0.2, 0) is 6.54 Å². The van der Waals surface area contributed by atoms with Gasteiger partial charge in [-0.1, -0.05) is 12.1 Å². The molecule has 1 amide bonds. The van der Waals surface area contributed by atoms with Crippen LogP contribution in [0.2, 0.25) is 0 Å². The van der Waals surface area contributed by atoms with Crippen LogP contribution in [0.3, 0.4) is 0 Å². The van der Waals surface area contributed by atoms with Gasteiger partial charge in [-0.15, -0.1) is 11.8 Å². The summed E-state index contributed by atoms with van der Waals surface area (Å²) < 4.78 is 11.5. The Hall–Kier alpha value is -3.25. The molecular formula is C25H21NO4S. The molecule has 4 aromatic rings. The van der Waals surface area contributed by atoms with E-state index < -0.39 is 6.04 Å². The van der Waals surface area contributed by atoms with Crippen LogP contribution in [-0.4, -0.2) is 17.1 Å². The lowest BCUT2D eigenvalue weighted by atomic mass is 9.97. The van der Waals surface area contributed by atoms with Crippen molar-refractivity contribution in [2.75, 3.05) is 6.26 Å². The van der Waals surface area contributed by atoms with Crippen LogP contribution in [0.5, 0.6) is 0 Å². The molecule has 0 fully saturated rings. The van der Waals surface area contributed by atoms with Crippen LogP contribution >= 0.6 is 11.8 Å². The Bertz CT molecular complexity index is 1350. The number of nitrogens with zero attached hydrogens (tertiary/aromatic N) is 1. The van der Waals surface area contributed by atoms with Crippen LogP contribution in [0.25, 0.3) is 11.0 Å². The summed E-state index contributed by atoms with van der Waals surface area (Å²) in [5, 5.41) is 0.500. The number of furan rings is 1. The minimum absolute atomic E-state index is 0.117. The van der Waals surface area contributed by atoms with E-state index in [1.807, 2.05) is 62.6 Å². The number of carbonyl (C=O) groups excluding carboxylic acids is 1. The quantitative estimate of drug-likeness (QED) is 0.401. The van der Waals surface area contributed by atoms with Crippen LogP contribution in [0.4, 0.5) is 0 Å². The van der Waals surface area contributed by atoms with Crippen molar-refractivity contribution in [3.05, 3.63) is 98.8 Å². The molecule has 1 atom stereocenters. The zero-order valence-corrected chi connectivity index (χ0v) is 18.3. The molecule has 31 heavy (non-hydrogen) atoms. The SMILES string of the molecule is CSc1ccc([C@@H]2c3c(oc4cc(C)c(C)cc4c3=O)C(=O)N2Cc2ccco2)cc1. The Kier molecular flexibility index (Phi) is 4.74. The molecule has 5 rings (SSSR count). The number of thioether (sulfide) groups is 1. The van der Waals surface area contributed by atoms with Crippen molar-refractivity contribution in [2.45, 2.75) is 31.3 Å². The van der Waals surface area contributed by atoms with Crippen molar-refractivity contribution in [1.82, 2.24) is 4.90 Å². The standard InChI is InChI=1S/C25H21NO4S/c1-14-11-19-20(12-15(14)2)30-24-21(23(19)27)22(16-6-8-18(31-3)9-7-16)26(25(24)28)13-17-5-4-10-29-17/h4-12,22H,13H2,1-3H3/t22-/m1/s1. The third kappa shape index (κ3) is 3.18. The topological polar surface area (TPSA) is 63.7 Å². The van der Waals surface area contributed by atoms with E-state index in [1.54, 1.807) is 29.0 Å². The first-order chi connectivity index (χ1) is 15.0. The monoisotopic (exact) mass is 431 g/mol. The van der Waals surface area contributed by atoms with Crippen LogP contribution < -0.4 is 5.43 Å². The van der Waals surface area contributed by atoms with Crippen molar-refractivity contribution >= 4 is 28.6 Å². The highest BCUT2D eigenvalue weighted by Gasteiger charge is 2.43. The van der Waals surface area contributed by atoms with E-state index in [2.05, 4.69) is 0 Å². The molecule has 0 N–H and O–H groups in total. The molecule has 2 aromatic heterocycles. The molecule has 0 saturated carbocycles. The maximum Gasteiger partial charge on any atom is 0.291 e. The summed E-state index contributed by atoms with van der Waals surface area (Å²) in [5.41, 5.74) is 3.57. The van der Waals surface area contributed by atoms with Crippen LogP contribution in [0, 0.1) is 13.8 Å². The van der Waals surface area contributed by atoms with Gasteiger partial charge in [0, 0.05) is 4.90 Å². The number of amides is 1. The van der Waals surface area contributed by atoms with Gasteiger partial charge in [-0.3, -0.25) is 9.59 Å². The largest absolute Gasteiger partial charge is 0.467 e. The van der Waals surface area contributed by atoms with Gasteiger partial charge in [0.15, 0.2) is 5.43 Å². The van der Waals surface area contributed by atoms with Gasteiger partial charge in [-0.25, -0.2) is 0 Å². The number of rotatable bonds is 4. The smallest absolute Gasteiger partial charge is 0.291 e. The molecule has 1 aliphatic heterocycles. The first kappa shape index (κ1) is 19.7. The van der Waals surface area contributed by atoms with Gasteiger partial charge in [0.25, 0.3) is 5.91 Å². The number of fused-ring (bicyclic) bond motifs is 2. The van der Waals surface area contributed by atoms with Gasteiger partial charge in [0.2, 0.25) is 5.76 Å². The first-order valence-electron chi connectivity index (χ1n) is 10.0. The zero-order chi connectivity index (χ0) is 21.7. The second kappa shape index (κ2) is 7.46. The Morgan fingerprint density at radius 1 is 1.03 bits per heavy atom. The normalized spacial score (nSPS) is 15.6. The molecule has 5 nitrogen and oxygen atoms in total. The van der Waals surface area contributed by atoms with Crippen molar-refractivity contribution in [3.8, 4) is 0 Å². The first-order valence-corrected chi connectivity index (χ1v) is 11.3. The Morgan fingerprint density at radius 2 is 1.77 bits per heavy atom. The number of carbonyl (C=O) groups is 1. The number of hydrogen-bond donors (Lipinski definition) is 0. The second-order valence-corrected chi connectivity index (χ2v) is 8.67. The fraction of sp³-hybridized carbons (Fsp3) is 0.200. The van der Waals surface area contributed by atoms with Crippen LogP contribution in [0.1, 0.15) is 44.6 Å². The lowest BCUT2D eigenvalue weighted by Gasteiger charge is -2.24. The molecule has 0 radical (unpaired) electrons. The Balaban J connectivity index is 1.74. The van der Waals surface area contributed by atoms with E-state index >= 15 is 0 Å². The van der Waals surface area contributed by atoms with Crippen LogP contribution in [0.15, 0.2) is 73.3 Å². The minimum Gasteiger partial charge on any atom is -0.467 e. The average molecular weight is 432 g/mol. The predicted molar refractivity (Wildman–Crippen MR) is 121 cm³/mol. The summed E-state index contributed by atoms with van der Waals surface area (Å²) >= 11 is 1.64. The van der Waals surface area contributed by atoms with E-state index in [0.717, 1.165) is 21.6 Å². The molecule has 0 bridgehead atoms. The second-order valence-electron chi connectivity index (χ2n) is 7.79. The molecule has 156 valence electrons. The molecule has 3 heterocycles. The molecule has 0 saturated heterocycles. The Labute approximate surface area is 183 Å². The Morgan fingerprint density at radius 3 is 2.45 bits per heavy atom. The van der Waals surface area contributed by atoms with E-state index in [-0.39, 0.29) is 23.6 Å². The maximum atomic E-state index is 13.6. The third-order valence-corrected chi connectivity index (χ3v) is 6.66. The molecule has 0 unspecified atom stereocenters. The fourth-order valence-corrected chi connectivity index (χ4v) is 4.55. The predicted octanol–water partition coefficient (Wildman–Crippen LogP) is 5.47. The van der Waals surface area contributed by atoms with Crippen molar-refractivity contribution in [2.24, 2.45) is 0 Å². The number of benzene rings is 2. The van der Waals surface area contributed by atoms with E-state index in [0.29, 0.717) is 22.3 Å². The van der Waals surface area contributed by atoms with Gasteiger partial charge >= 0.3 is 0 Å². The van der Waals surface area contributed by atoms with E-state index in [4.69, 9.17) is 8.83 Å². The van der Waals surface area contributed by atoms with Gasteiger partial charge in [-0.05, 0) is 73.2 Å². The fourth-order valence-electron chi connectivity index (χ4n) is 4.14. The molecule has 1 aliphatic rings. The minimum atomic E-state index is -0.536. The molecular weight excluding hydrogens is 410 g/mol. The summed E-state index contributed by atoms with van der Waals surface area (Å²) in [6.45, 7) is 4.18. The van der Waals surface area contributed by atoms with Crippen molar-refractivity contribution < 1.29 is 13.6 Å². The molecule has 2 aromatic carbocycles. The van der Waals surface area contributed by atoms with E-state index in [1.165, 1.54) is 0 Å². The molecule has 0 spiro atoms. The number of hydrogen-bond acceptors (Lipinski definition) is 5. The van der Waals surface area contributed by atoms with Gasteiger partial charge in [-0.2, -0.15) is 0 Å². The van der Waals surface area contributed by atoms with Gasteiger partial charge in [0.05, 0.1) is 29.8 Å². The highest BCUT2D eigenvalue weighted by Crippen LogP contribution is 2.39. The lowest BCUT2D eigenvalue weighted by Crippen LogP contribution is -2.29. The zero-order valence-electron chi connectivity index (χ0n) is 17.5. The molecule has 6 heteroatoms. The third-order valence-electron chi connectivity index (χ3n) is 5.92. The highest BCUT2D eigenvalue weighted by atomic mass is 32.2. The van der Waals surface area contributed by atoms with Gasteiger partial charge in [0.1, 0.15) is 11.3 Å². The number of aryl methyl sites for hydroxylation is 2. The lowest BCUT2D eigenvalue weighted by molar-refractivity contribution is 0.0701. The summed E-state index contributed by atoms with van der Waals surface area (Å²) in [4.78, 5) is 29.8. The molecule has 0 aliphatic carbocycles. The summed E-state index contributed by atoms with van der Waals surface area (Å²) in [7, 11) is 0. The average Bonchev–Trinajstić information content (AvgIpc) is 3.38. The highest BCUT2D eigenvalue weighted by molar-refractivity contribution is 7.98. The summed E-state index contributed by atoms with van der Waals surface area (Å²) in [6, 6.07) is 14.7. The maximum absolute atomic E-state index is 13.6. The van der Waals surface area contributed by atoms with Crippen molar-refractivity contribution in [3.63, 3.8) is 0 Å². The summed E-state index contributed by atoms with van der Waals surface area (Å²) in [6.07, 6.45) is 3.59. The summed E-state index contributed by atoms with van der Waals surface area (Å²) in [5.74, 6) is 0.462.